The first-order valence-electron chi connectivity index (χ1n) is 7.08. The fraction of sp³-hybridized carbons (Fsp3) is 0.176. The van der Waals surface area contributed by atoms with Crippen LogP contribution in [0, 0.1) is 0 Å². The number of amides is 1. The van der Waals surface area contributed by atoms with Crippen LogP contribution in [-0.2, 0) is 5.60 Å². The van der Waals surface area contributed by atoms with E-state index >= 15 is 0 Å². The maximum Gasteiger partial charge on any atom is 0.280 e. The lowest BCUT2D eigenvalue weighted by atomic mass is 9.88. The summed E-state index contributed by atoms with van der Waals surface area (Å²) in [5.41, 5.74) is 13.3. The third kappa shape index (κ3) is 1.98. The summed E-state index contributed by atoms with van der Waals surface area (Å²) >= 11 is 0. The fourth-order valence-corrected chi connectivity index (χ4v) is 3.04. The van der Waals surface area contributed by atoms with Gasteiger partial charge in [-0.2, -0.15) is 4.99 Å². The third-order valence-electron chi connectivity index (χ3n) is 4.12. The van der Waals surface area contributed by atoms with Crippen molar-refractivity contribution in [2.75, 3.05) is 0 Å². The number of fused-ring (bicyclic) bond motifs is 3. The van der Waals surface area contributed by atoms with E-state index in [0.717, 1.165) is 16.7 Å². The zero-order valence-corrected chi connectivity index (χ0v) is 12.2. The van der Waals surface area contributed by atoms with Crippen molar-refractivity contribution in [1.82, 2.24) is 0 Å². The van der Waals surface area contributed by atoms with Crippen LogP contribution in [0.2, 0.25) is 0 Å². The van der Waals surface area contributed by atoms with Crippen molar-refractivity contribution in [2.45, 2.75) is 18.9 Å². The normalized spacial score (nSPS) is 18.5. The third-order valence-corrected chi connectivity index (χ3v) is 4.12. The SMILES string of the molecule is CCC1(O)c2ccccc2-c2ccc(C(=O)N=C(N)N)cc21. The summed E-state index contributed by atoms with van der Waals surface area (Å²) in [6.07, 6.45) is 0.511. The number of hydrogen-bond acceptors (Lipinski definition) is 2. The zero-order chi connectivity index (χ0) is 15.9. The van der Waals surface area contributed by atoms with Gasteiger partial charge in [0.2, 0.25) is 0 Å². The van der Waals surface area contributed by atoms with Gasteiger partial charge in [0, 0.05) is 5.56 Å². The van der Waals surface area contributed by atoms with Gasteiger partial charge < -0.3 is 16.6 Å². The average molecular weight is 295 g/mol. The van der Waals surface area contributed by atoms with Gasteiger partial charge in [-0.25, -0.2) is 0 Å². The monoisotopic (exact) mass is 295 g/mol. The van der Waals surface area contributed by atoms with Gasteiger partial charge in [0.25, 0.3) is 5.91 Å². The van der Waals surface area contributed by atoms with E-state index in [4.69, 9.17) is 11.5 Å². The molecule has 0 saturated carbocycles. The van der Waals surface area contributed by atoms with Crippen LogP contribution < -0.4 is 11.5 Å². The maximum atomic E-state index is 12.0. The van der Waals surface area contributed by atoms with E-state index in [9.17, 15) is 9.90 Å². The van der Waals surface area contributed by atoms with Crippen LogP contribution in [-0.4, -0.2) is 17.0 Å². The molecular formula is C17H17N3O2. The van der Waals surface area contributed by atoms with Crippen LogP contribution in [0.5, 0.6) is 0 Å². The first-order valence-corrected chi connectivity index (χ1v) is 7.08. The summed E-state index contributed by atoms with van der Waals surface area (Å²) in [6, 6.07) is 12.9. The van der Waals surface area contributed by atoms with Crippen molar-refractivity contribution in [3.8, 4) is 11.1 Å². The van der Waals surface area contributed by atoms with E-state index < -0.39 is 11.5 Å². The number of carbonyl (C=O) groups is 1. The van der Waals surface area contributed by atoms with Crippen molar-refractivity contribution >= 4 is 11.9 Å². The summed E-state index contributed by atoms with van der Waals surface area (Å²) in [6.45, 7) is 1.91. The van der Waals surface area contributed by atoms with Gasteiger partial charge in [0.05, 0.1) is 0 Å². The summed E-state index contributed by atoms with van der Waals surface area (Å²) in [5, 5.41) is 11.1. The minimum Gasteiger partial charge on any atom is -0.380 e. The molecule has 5 heteroatoms. The number of aliphatic imine (C=N–C) groups is 1. The highest BCUT2D eigenvalue weighted by Crippen LogP contribution is 2.49. The van der Waals surface area contributed by atoms with Crippen LogP contribution in [0.1, 0.15) is 34.8 Å². The maximum absolute atomic E-state index is 12.0. The first-order chi connectivity index (χ1) is 10.5. The quantitative estimate of drug-likeness (QED) is 0.580. The number of nitrogens with two attached hydrogens (primary N) is 2. The summed E-state index contributed by atoms with van der Waals surface area (Å²) in [7, 11) is 0. The van der Waals surface area contributed by atoms with Gasteiger partial charge in [-0.05, 0) is 40.8 Å². The zero-order valence-electron chi connectivity index (χ0n) is 12.2. The van der Waals surface area contributed by atoms with Crippen LogP contribution >= 0.6 is 0 Å². The molecule has 1 amide bonds. The standard InChI is InChI=1S/C17H17N3O2/c1-2-17(22)13-6-4-3-5-11(13)12-8-7-10(9-14(12)17)15(21)20-16(18)19/h3-9,22H,2H2,1H3,(H4,18,19,20,21). The predicted octanol–water partition coefficient (Wildman–Crippen LogP) is 1.73. The molecule has 0 heterocycles. The molecule has 1 atom stereocenters. The van der Waals surface area contributed by atoms with Gasteiger partial charge >= 0.3 is 0 Å². The molecule has 0 aromatic heterocycles. The number of aliphatic hydroxyl groups is 1. The van der Waals surface area contributed by atoms with E-state index in [0.29, 0.717) is 17.5 Å². The molecule has 5 nitrogen and oxygen atoms in total. The highest BCUT2D eigenvalue weighted by molar-refractivity contribution is 6.02. The van der Waals surface area contributed by atoms with E-state index in [1.54, 1.807) is 12.1 Å². The van der Waals surface area contributed by atoms with Crippen LogP contribution in [0.25, 0.3) is 11.1 Å². The molecule has 22 heavy (non-hydrogen) atoms. The fourth-order valence-electron chi connectivity index (χ4n) is 3.04. The van der Waals surface area contributed by atoms with Gasteiger partial charge in [-0.3, -0.25) is 4.79 Å². The van der Waals surface area contributed by atoms with E-state index in [1.165, 1.54) is 0 Å². The Balaban J connectivity index is 2.19. The van der Waals surface area contributed by atoms with Gasteiger partial charge in [-0.15, -0.1) is 0 Å². The lowest BCUT2D eigenvalue weighted by Crippen LogP contribution is -2.25. The average Bonchev–Trinajstić information content (AvgIpc) is 2.77. The topological polar surface area (TPSA) is 102 Å². The Bertz CT molecular complexity index is 794. The number of guanidine groups is 1. The van der Waals surface area contributed by atoms with Crippen molar-refractivity contribution < 1.29 is 9.90 Å². The molecule has 0 spiro atoms. The molecule has 0 aliphatic heterocycles. The predicted molar refractivity (Wildman–Crippen MR) is 85.3 cm³/mol. The highest BCUT2D eigenvalue weighted by Gasteiger charge is 2.40. The van der Waals surface area contributed by atoms with Crippen molar-refractivity contribution in [2.24, 2.45) is 16.5 Å². The van der Waals surface area contributed by atoms with Gasteiger partial charge in [-0.1, -0.05) is 37.3 Å². The van der Waals surface area contributed by atoms with Gasteiger partial charge in [0.1, 0.15) is 5.60 Å². The molecule has 1 aliphatic carbocycles. The second-order valence-electron chi connectivity index (χ2n) is 5.36. The largest absolute Gasteiger partial charge is 0.380 e. The van der Waals surface area contributed by atoms with E-state index in [2.05, 4.69) is 4.99 Å². The number of nitrogens with zero attached hydrogens (tertiary/aromatic N) is 1. The highest BCUT2D eigenvalue weighted by atomic mass is 16.3. The van der Waals surface area contributed by atoms with E-state index in [1.807, 2.05) is 37.3 Å². The molecule has 2 aromatic rings. The molecule has 3 rings (SSSR count). The summed E-state index contributed by atoms with van der Waals surface area (Å²) in [5.74, 6) is -0.795. The molecule has 2 aromatic carbocycles. The minimum absolute atomic E-state index is 0.278. The molecule has 0 saturated heterocycles. The lowest BCUT2D eigenvalue weighted by molar-refractivity contribution is 0.0812. The first kappa shape index (κ1) is 14.3. The Morgan fingerprint density at radius 1 is 1.14 bits per heavy atom. The molecule has 0 radical (unpaired) electrons. The van der Waals surface area contributed by atoms with Crippen molar-refractivity contribution in [3.63, 3.8) is 0 Å². The Hall–Kier alpha value is -2.66. The number of rotatable bonds is 2. The molecule has 1 aliphatic rings. The Labute approximate surface area is 128 Å². The van der Waals surface area contributed by atoms with Crippen LogP contribution in [0.3, 0.4) is 0 Å². The lowest BCUT2D eigenvalue weighted by Gasteiger charge is -2.24. The summed E-state index contributed by atoms with van der Waals surface area (Å²) < 4.78 is 0. The molecule has 5 N–H and O–H groups in total. The molecular weight excluding hydrogens is 278 g/mol. The second-order valence-corrected chi connectivity index (χ2v) is 5.36. The smallest absolute Gasteiger partial charge is 0.280 e. The molecule has 0 bridgehead atoms. The molecule has 112 valence electrons. The Kier molecular flexibility index (Phi) is 3.22. The number of hydrogen-bond donors (Lipinski definition) is 3. The Morgan fingerprint density at radius 2 is 1.82 bits per heavy atom. The second kappa shape index (κ2) is 4.96. The van der Waals surface area contributed by atoms with Gasteiger partial charge in [0.15, 0.2) is 5.96 Å². The van der Waals surface area contributed by atoms with Crippen molar-refractivity contribution in [1.29, 1.82) is 0 Å². The minimum atomic E-state index is -1.10. The van der Waals surface area contributed by atoms with E-state index in [-0.39, 0.29) is 5.96 Å². The number of benzene rings is 2. The van der Waals surface area contributed by atoms with Crippen molar-refractivity contribution in [3.05, 3.63) is 59.2 Å². The Morgan fingerprint density at radius 3 is 2.50 bits per heavy atom. The molecule has 1 unspecified atom stereocenters. The number of carbonyl (C=O) groups excluding carboxylic acids is 1. The van der Waals surface area contributed by atoms with Crippen LogP contribution in [0.15, 0.2) is 47.5 Å². The molecule has 0 fully saturated rings. The van der Waals surface area contributed by atoms with Crippen LogP contribution in [0.4, 0.5) is 0 Å². The summed E-state index contributed by atoms with van der Waals surface area (Å²) in [4.78, 5) is 15.5.